The van der Waals surface area contributed by atoms with Gasteiger partial charge in [-0.15, -0.1) is 0 Å². The molecule has 1 atom stereocenters. The van der Waals surface area contributed by atoms with Crippen molar-refractivity contribution >= 4 is 33.4 Å². The normalized spacial score (nSPS) is 19.4. The Morgan fingerprint density at radius 3 is 2.94 bits per heavy atom. The van der Waals surface area contributed by atoms with E-state index in [1.165, 1.54) is 0 Å². The fourth-order valence-corrected chi connectivity index (χ4v) is 2.84. The number of amides is 1. The molecule has 0 spiro atoms. The zero-order chi connectivity index (χ0) is 12.4. The Morgan fingerprint density at radius 1 is 1.59 bits per heavy atom. The number of likely N-dealkylation sites (N-methyl/N-ethyl adjacent to an activating group) is 1. The lowest BCUT2D eigenvalue weighted by atomic mass is 10.1. The highest BCUT2D eigenvalue weighted by Crippen LogP contribution is 2.23. The number of hydrogen-bond acceptors (Lipinski definition) is 2. The lowest BCUT2D eigenvalue weighted by Crippen LogP contribution is -2.38. The molecule has 5 heteroatoms. The van der Waals surface area contributed by atoms with Crippen LogP contribution in [0.1, 0.15) is 16.8 Å². The van der Waals surface area contributed by atoms with E-state index in [4.69, 9.17) is 11.6 Å². The van der Waals surface area contributed by atoms with Crippen LogP contribution in [0.5, 0.6) is 0 Å². The molecule has 17 heavy (non-hydrogen) atoms. The van der Waals surface area contributed by atoms with E-state index < -0.39 is 0 Å². The van der Waals surface area contributed by atoms with E-state index in [9.17, 15) is 4.79 Å². The van der Waals surface area contributed by atoms with Crippen LogP contribution in [0.15, 0.2) is 22.7 Å². The molecule has 0 saturated carbocycles. The molecule has 2 rings (SSSR count). The molecular formula is C12H14BrClN2O. The summed E-state index contributed by atoms with van der Waals surface area (Å²) in [5, 5.41) is 3.88. The highest BCUT2D eigenvalue weighted by atomic mass is 79.9. The van der Waals surface area contributed by atoms with E-state index in [-0.39, 0.29) is 11.9 Å². The Kier molecular flexibility index (Phi) is 4.07. The van der Waals surface area contributed by atoms with Gasteiger partial charge in [-0.05, 0) is 47.1 Å². The summed E-state index contributed by atoms with van der Waals surface area (Å²) in [6.45, 7) is 1.84. The van der Waals surface area contributed by atoms with Gasteiger partial charge in [0.05, 0.1) is 5.56 Å². The molecule has 92 valence electrons. The molecule has 1 heterocycles. The van der Waals surface area contributed by atoms with Gasteiger partial charge in [0.15, 0.2) is 0 Å². The largest absolute Gasteiger partial charge is 0.337 e. The standard InChI is InChI=1S/C12H14BrClN2O/c1-16(9-4-5-15-7-9)12(17)10-3-2-8(14)6-11(10)13/h2-3,6,9,15H,4-5,7H2,1H3/t9-/m0/s1. The zero-order valence-corrected chi connectivity index (χ0v) is 11.9. The Bertz CT molecular complexity index is 433. The molecule has 1 aromatic rings. The first-order chi connectivity index (χ1) is 8.09. The van der Waals surface area contributed by atoms with E-state index in [2.05, 4.69) is 21.2 Å². The van der Waals surface area contributed by atoms with Crippen molar-refractivity contribution in [2.75, 3.05) is 20.1 Å². The summed E-state index contributed by atoms with van der Waals surface area (Å²) >= 11 is 9.24. The molecule has 1 aliphatic heterocycles. The molecule has 0 aliphatic carbocycles. The number of rotatable bonds is 2. The van der Waals surface area contributed by atoms with Crippen molar-refractivity contribution in [3.63, 3.8) is 0 Å². The highest BCUT2D eigenvalue weighted by molar-refractivity contribution is 9.10. The van der Waals surface area contributed by atoms with Gasteiger partial charge < -0.3 is 10.2 Å². The summed E-state index contributed by atoms with van der Waals surface area (Å²) in [6.07, 6.45) is 1.01. The van der Waals surface area contributed by atoms with Crippen LogP contribution in [0.3, 0.4) is 0 Å². The van der Waals surface area contributed by atoms with Gasteiger partial charge in [0, 0.05) is 29.1 Å². The predicted molar refractivity (Wildman–Crippen MR) is 72.5 cm³/mol. The smallest absolute Gasteiger partial charge is 0.255 e. The minimum absolute atomic E-state index is 0.0299. The summed E-state index contributed by atoms with van der Waals surface area (Å²) in [4.78, 5) is 14.1. The number of nitrogens with one attached hydrogen (secondary N) is 1. The maximum atomic E-state index is 12.3. The molecule has 0 radical (unpaired) electrons. The van der Waals surface area contributed by atoms with Crippen molar-refractivity contribution in [2.24, 2.45) is 0 Å². The third kappa shape index (κ3) is 2.81. The van der Waals surface area contributed by atoms with Crippen LogP contribution >= 0.6 is 27.5 Å². The number of halogens is 2. The molecule has 1 amide bonds. The molecule has 3 nitrogen and oxygen atoms in total. The molecule has 0 aromatic heterocycles. The number of benzene rings is 1. The third-order valence-corrected chi connectivity index (χ3v) is 3.96. The summed E-state index contributed by atoms with van der Waals surface area (Å²) in [6, 6.07) is 5.52. The van der Waals surface area contributed by atoms with E-state index in [0.717, 1.165) is 24.0 Å². The van der Waals surface area contributed by atoms with Crippen LogP contribution in [0.25, 0.3) is 0 Å². The van der Waals surface area contributed by atoms with Gasteiger partial charge in [0.25, 0.3) is 5.91 Å². The van der Waals surface area contributed by atoms with Crippen LogP contribution < -0.4 is 5.32 Å². The number of carbonyl (C=O) groups excluding carboxylic acids is 1. The lowest BCUT2D eigenvalue weighted by molar-refractivity contribution is 0.0743. The lowest BCUT2D eigenvalue weighted by Gasteiger charge is -2.24. The van der Waals surface area contributed by atoms with Crippen LogP contribution in [0.2, 0.25) is 5.02 Å². The predicted octanol–water partition coefficient (Wildman–Crippen LogP) is 2.54. The summed E-state index contributed by atoms with van der Waals surface area (Å²) in [5.41, 5.74) is 0.656. The maximum absolute atomic E-state index is 12.3. The minimum Gasteiger partial charge on any atom is -0.337 e. The topological polar surface area (TPSA) is 32.3 Å². The second kappa shape index (κ2) is 5.38. The molecule has 1 aliphatic rings. The molecular weight excluding hydrogens is 304 g/mol. The summed E-state index contributed by atoms with van der Waals surface area (Å²) in [7, 11) is 1.85. The maximum Gasteiger partial charge on any atom is 0.255 e. The van der Waals surface area contributed by atoms with Gasteiger partial charge in [-0.2, -0.15) is 0 Å². The number of carbonyl (C=O) groups is 1. The molecule has 1 aromatic carbocycles. The van der Waals surface area contributed by atoms with Gasteiger partial charge in [0.2, 0.25) is 0 Å². The number of hydrogen-bond donors (Lipinski definition) is 1. The van der Waals surface area contributed by atoms with Gasteiger partial charge in [-0.3, -0.25) is 4.79 Å². The van der Waals surface area contributed by atoms with Crippen LogP contribution in [-0.4, -0.2) is 37.0 Å². The molecule has 0 unspecified atom stereocenters. The minimum atomic E-state index is 0.0299. The van der Waals surface area contributed by atoms with E-state index in [0.29, 0.717) is 10.6 Å². The van der Waals surface area contributed by atoms with Crippen molar-refractivity contribution in [1.29, 1.82) is 0 Å². The molecule has 1 fully saturated rings. The first-order valence-corrected chi connectivity index (χ1v) is 6.69. The van der Waals surface area contributed by atoms with E-state index >= 15 is 0 Å². The summed E-state index contributed by atoms with van der Waals surface area (Å²) in [5.74, 6) is 0.0299. The Balaban J connectivity index is 2.18. The Morgan fingerprint density at radius 2 is 2.35 bits per heavy atom. The second-order valence-corrected chi connectivity index (χ2v) is 5.48. The van der Waals surface area contributed by atoms with Crippen molar-refractivity contribution in [3.8, 4) is 0 Å². The first kappa shape index (κ1) is 12.9. The van der Waals surface area contributed by atoms with Crippen LogP contribution in [0, 0.1) is 0 Å². The average molecular weight is 318 g/mol. The van der Waals surface area contributed by atoms with Crippen molar-refractivity contribution in [1.82, 2.24) is 10.2 Å². The first-order valence-electron chi connectivity index (χ1n) is 5.52. The molecule has 1 N–H and O–H groups in total. The van der Waals surface area contributed by atoms with Crippen molar-refractivity contribution in [3.05, 3.63) is 33.3 Å². The van der Waals surface area contributed by atoms with Gasteiger partial charge in [0.1, 0.15) is 0 Å². The van der Waals surface area contributed by atoms with Crippen molar-refractivity contribution in [2.45, 2.75) is 12.5 Å². The van der Waals surface area contributed by atoms with Gasteiger partial charge >= 0.3 is 0 Å². The monoisotopic (exact) mass is 316 g/mol. The average Bonchev–Trinajstić information content (AvgIpc) is 2.80. The second-order valence-electron chi connectivity index (χ2n) is 4.19. The van der Waals surface area contributed by atoms with Gasteiger partial charge in [-0.25, -0.2) is 0 Å². The zero-order valence-electron chi connectivity index (χ0n) is 9.54. The fraction of sp³-hybridized carbons (Fsp3) is 0.417. The molecule has 1 saturated heterocycles. The van der Waals surface area contributed by atoms with Crippen LogP contribution in [0.4, 0.5) is 0 Å². The van der Waals surface area contributed by atoms with Gasteiger partial charge in [-0.1, -0.05) is 11.6 Å². The third-order valence-electron chi connectivity index (χ3n) is 3.06. The number of nitrogens with zero attached hydrogens (tertiary/aromatic N) is 1. The highest BCUT2D eigenvalue weighted by Gasteiger charge is 2.25. The van der Waals surface area contributed by atoms with Crippen molar-refractivity contribution < 1.29 is 4.79 Å². The SMILES string of the molecule is CN(C(=O)c1ccc(Cl)cc1Br)[C@H]1CCNC1. The fourth-order valence-electron chi connectivity index (χ4n) is 1.99. The Hall–Kier alpha value is -0.580. The Labute approximate surface area is 114 Å². The van der Waals surface area contributed by atoms with E-state index in [1.54, 1.807) is 23.1 Å². The van der Waals surface area contributed by atoms with Crippen LogP contribution in [-0.2, 0) is 0 Å². The summed E-state index contributed by atoms with van der Waals surface area (Å²) < 4.78 is 0.743. The quantitative estimate of drug-likeness (QED) is 0.909. The van der Waals surface area contributed by atoms with E-state index in [1.807, 2.05) is 7.05 Å². The molecule has 0 bridgehead atoms.